The molecule has 0 fully saturated rings. The number of hydrogen-bond donors (Lipinski definition) is 1. The molecule has 1 aliphatic heterocycles. The summed E-state index contributed by atoms with van der Waals surface area (Å²) in [5.41, 5.74) is 3.23. The molecule has 1 aliphatic rings. The molecule has 230 valence electrons. The van der Waals surface area contributed by atoms with Gasteiger partial charge in [0.1, 0.15) is 11.2 Å². The summed E-state index contributed by atoms with van der Waals surface area (Å²) in [5.74, 6) is 0.0557. The number of rotatable bonds is 12. The minimum atomic E-state index is -1.15. The molecule has 0 bridgehead atoms. The van der Waals surface area contributed by atoms with E-state index in [1.54, 1.807) is 73.1 Å². The Hall–Kier alpha value is -4.75. The molecule has 0 saturated heterocycles. The Balaban J connectivity index is 1.25. The lowest BCUT2D eigenvalue weighted by molar-refractivity contribution is -0.137. The topological polar surface area (TPSA) is 119 Å². The summed E-state index contributed by atoms with van der Waals surface area (Å²) < 4.78 is 6.03. The molecule has 0 unspecified atom stereocenters. The Kier molecular flexibility index (Phi) is 10.3. The molecule has 1 N–H and O–H groups in total. The molecule has 4 rings (SSSR count). The summed E-state index contributed by atoms with van der Waals surface area (Å²) in [6, 6.07) is 18.3. The molecule has 0 aliphatic carbocycles. The van der Waals surface area contributed by atoms with E-state index in [2.05, 4.69) is 22.4 Å². The number of hydrogen-bond acceptors (Lipinski definition) is 7. The van der Waals surface area contributed by atoms with Gasteiger partial charge in [0, 0.05) is 63.8 Å². The van der Waals surface area contributed by atoms with Crippen molar-refractivity contribution in [2.24, 2.45) is 5.41 Å². The highest BCUT2D eigenvalue weighted by Crippen LogP contribution is 2.40. The van der Waals surface area contributed by atoms with Crippen LogP contribution < -0.4 is 19.9 Å². The van der Waals surface area contributed by atoms with E-state index in [-0.39, 0.29) is 17.7 Å². The third-order valence-electron chi connectivity index (χ3n) is 7.80. The number of fused-ring (bicyclic) bond motifs is 1. The second kappa shape index (κ2) is 14.1. The van der Waals surface area contributed by atoms with Crippen LogP contribution in [0.4, 0.5) is 11.4 Å². The zero-order valence-corrected chi connectivity index (χ0v) is 26.1. The molecule has 10 heteroatoms. The van der Waals surface area contributed by atoms with Crippen LogP contribution in [0.5, 0.6) is 5.75 Å². The van der Waals surface area contributed by atoms with Crippen LogP contribution in [-0.4, -0.2) is 67.9 Å². The zero-order valence-electron chi connectivity index (χ0n) is 26.1. The monoisotopic (exact) mass is 596 g/mol. The fraction of sp³-hybridized carbons (Fsp3) is 0.382. The number of aryl methyl sites for hydroxylation is 1. The Bertz CT molecular complexity index is 1560. The molecule has 10 nitrogen and oxygen atoms in total. The largest absolute Gasteiger partial charge is 0.494 e. The van der Waals surface area contributed by atoms with Crippen molar-refractivity contribution in [3.8, 4) is 11.8 Å². The SMILES string of the molecule is CCN1C(=O)C(C)(C)C(=O)N(C)c2cc(OCCCc3cc(CNCCN(C)C(=O)c4cccc(C#N)c4)ccn3)ccc21. The number of aromatic nitrogens is 1. The van der Waals surface area contributed by atoms with Gasteiger partial charge in [-0.1, -0.05) is 6.07 Å². The molecule has 0 spiro atoms. The van der Waals surface area contributed by atoms with E-state index in [1.165, 1.54) is 0 Å². The first-order chi connectivity index (χ1) is 21.1. The van der Waals surface area contributed by atoms with Gasteiger partial charge in [0.15, 0.2) is 0 Å². The second-order valence-corrected chi connectivity index (χ2v) is 11.4. The van der Waals surface area contributed by atoms with Gasteiger partial charge in [-0.15, -0.1) is 0 Å². The number of carbonyl (C=O) groups excluding carboxylic acids is 3. The van der Waals surface area contributed by atoms with Crippen LogP contribution >= 0.6 is 0 Å². The predicted molar refractivity (Wildman–Crippen MR) is 170 cm³/mol. The molecule has 2 aromatic carbocycles. The highest BCUT2D eigenvalue weighted by atomic mass is 16.5. The van der Waals surface area contributed by atoms with Crippen LogP contribution in [-0.2, 0) is 22.6 Å². The lowest BCUT2D eigenvalue weighted by Crippen LogP contribution is -2.47. The third kappa shape index (κ3) is 7.24. The number of carbonyl (C=O) groups is 3. The van der Waals surface area contributed by atoms with Gasteiger partial charge in [-0.2, -0.15) is 5.26 Å². The lowest BCUT2D eigenvalue weighted by Gasteiger charge is -2.27. The quantitative estimate of drug-likeness (QED) is 0.246. The van der Waals surface area contributed by atoms with Crippen molar-refractivity contribution in [3.63, 3.8) is 0 Å². The van der Waals surface area contributed by atoms with Gasteiger partial charge < -0.3 is 24.8 Å². The van der Waals surface area contributed by atoms with E-state index in [0.29, 0.717) is 61.0 Å². The molecular weight excluding hydrogens is 556 g/mol. The molecular formula is C34H40N6O4. The maximum absolute atomic E-state index is 13.1. The lowest BCUT2D eigenvalue weighted by atomic mass is 9.90. The second-order valence-electron chi connectivity index (χ2n) is 11.4. The van der Waals surface area contributed by atoms with Crippen molar-refractivity contribution in [1.29, 1.82) is 5.26 Å². The molecule has 3 aromatic rings. The van der Waals surface area contributed by atoms with E-state index >= 15 is 0 Å². The smallest absolute Gasteiger partial charge is 0.253 e. The zero-order chi connectivity index (χ0) is 31.9. The highest BCUT2D eigenvalue weighted by molar-refractivity contribution is 6.20. The normalized spacial score (nSPS) is 14.1. The molecule has 44 heavy (non-hydrogen) atoms. The number of nitrogens with one attached hydrogen (secondary N) is 1. The van der Waals surface area contributed by atoms with Crippen molar-refractivity contribution < 1.29 is 19.1 Å². The van der Waals surface area contributed by atoms with Crippen LogP contribution in [0.15, 0.2) is 60.8 Å². The fourth-order valence-corrected chi connectivity index (χ4v) is 5.21. The van der Waals surface area contributed by atoms with E-state index in [1.807, 2.05) is 31.2 Å². The number of ether oxygens (including phenoxy) is 1. The maximum atomic E-state index is 13.1. The fourth-order valence-electron chi connectivity index (χ4n) is 5.21. The molecule has 0 atom stereocenters. The average Bonchev–Trinajstić information content (AvgIpc) is 3.09. The van der Waals surface area contributed by atoms with Gasteiger partial charge >= 0.3 is 0 Å². The van der Waals surface area contributed by atoms with Gasteiger partial charge in [0.25, 0.3) is 5.91 Å². The minimum absolute atomic E-state index is 0.120. The van der Waals surface area contributed by atoms with E-state index in [4.69, 9.17) is 10.00 Å². The Morgan fingerprint density at radius 2 is 1.89 bits per heavy atom. The summed E-state index contributed by atoms with van der Waals surface area (Å²) >= 11 is 0. The van der Waals surface area contributed by atoms with Crippen molar-refractivity contribution in [3.05, 3.63) is 83.2 Å². The first-order valence-corrected chi connectivity index (χ1v) is 14.8. The van der Waals surface area contributed by atoms with Crippen LogP contribution in [0, 0.1) is 16.7 Å². The number of pyridine rings is 1. The van der Waals surface area contributed by atoms with Crippen molar-refractivity contribution >= 4 is 29.1 Å². The van der Waals surface area contributed by atoms with Crippen LogP contribution in [0.25, 0.3) is 0 Å². The Morgan fingerprint density at radius 1 is 1.09 bits per heavy atom. The number of anilines is 2. The summed E-state index contributed by atoms with van der Waals surface area (Å²) in [6.07, 6.45) is 3.29. The molecule has 2 heterocycles. The number of nitriles is 1. The molecule has 0 radical (unpaired) electrons. The summed E-state index contributed by atoms with van der Waals surface area (Å²) in [4.78, 5) is 48.1. The standard InChI is InChI=1S/C34H40N6O4/c1-6-40-29-13-12-28(21-30(29)39(5)32(42)34(2,3)33(40)43)44-18-8-11-27-20-25(14-15-37-27)23-36-16-17-38(4)31(41)26-10-7-9-24(19-26)22-35/h7,9-10,12-15,19-21,36H,6,8,11,16-18,23H2,1-5H3. The Labute approximate surface area is 259 Å². The summed E-state index contributed by atoms with van der Waals surface area (Å²) in [6.45, 7) is 7.97. The number of likely N-dealkylation sites (N-methyl/N-ethyl adjacent to an activating group) is 1. The number of amides is 3. The first kappa shape index (κ1) is 32.2. The van der Waals surface area contributed by atoms with Crippen molar-refractivity contribution in [2.75, 3.05) is 50.1 Å². The summed E-state index contributed by atoms with van der Waals surface area (Å²) in [5, 5.41) is 12.4. The van der Waals surface area contributed by atoms with Crippen molar-refractivity contribution in [2.45, 2.75) is 40.2 Å². The van der Waals surface area contributed by atoms with Crippen LogP contribution in [0.1, 0.15) is 54.4 Å². The van der Waals surface area contributed by atoms with Crippen LogP contribution in [0.2, 0.25) is 0 Å². The maximum Gasteiger partial charge on any atom is 0.253 e. The summed E-state index contributed by atoms with van der Waals surface area (Å²) in [7, 11) is 3.45. The van der Waals surface area contributed by atoms with E-state index in [0.717, 1.165) is 24.1 Å². The van der Waals surface area contributed by atoms with Gasteiger partial charge in [-0.05, 0) is 81.6 Å². The van der Waals surface area contributed by atoms with E-state index in [9.17, 15) is 14.4 Å². The molecule has 3 amide bonds. The molecule has 0 saturated carbocycles. The van der Waals surface area contributed by atoms with Crippen LogP contribution in [0.3, 0.4) is 0 Å². The van der Waals surface area contributed by atoms with E-state index < -0.39 is 5.41 Å². The minimum Gasteiger partial charge on any atom is -0.494 e. The highest BCUT2D eigenvalue weighted by Gasteiger charge is 2.45. The van der Waals surface area contributed by atoms with Gasteiger partial charge in [-0.25, -0.2) is 0 Å². The number of benzene rings is 2. The third-order valence-corrected chi connectivity index (χ3v) is 7.80. The average molecular weight is 597 g/mol. The molecule has 1 aromatic heterocycles. The van der Waals surface area contributed by atoms with Gasteiger partial charge in [-0.3, -0.25) is 19.4 Å². The van der Waals surface area contributed by atoms with Crippen molar-refractivity contribution in [1.82, 2.24) is 15.2 Å². The number of nitrogens with zero attached hydrogens (tertiary/aromatic N) is 5. The predicted octanol–water partition coefficient (Wildman–Crippen LogP) is 4.18. The Morgan fingerprint density at radius 3 is 2.64 bits per heavy atom. The first-order valence-electron chi connectivity index (χ1n) is 14.8. The van der Waals surface area contributed by atoms with Gasteiger partial charge in [0.05, 0.1) is 29.6 Å². The van der Waals surface area contributed by atoms with Gasteiger partial charge in [0.2, 0.25) is 11.8 Å².